The third kappa shape index (κ3) is 5.02. The van der Waals surface area contributed by atoms with Crippen LogP contribution in [0.2, 0.25) is 0 Å². The zero-order valence-electron chi connectivity index (χ0n) is 9.34. The van der Waals surface area contributed by atoms with Gasteiger partial charge in [0.2, 0.25) is 0 Å². The Morgan fingerprint density at radius 3 is 2.38 bits per heavy atom. The normalized spacial score (nSPS) is 18.2. The van der Waals surface area contributed by atoms with Crippen molar-refractivity contribution in [3.63, 3.8) is 0 Å². The highest BCUT2D eigenvalue weighted by Crippen LogP contribution is 2.21. The molecule has 2 N–H and O–H groups in total. The predicted octanol–water partition coefficient (Wildman–Crippen LogP) is 2.13. The highest BCUT2D eigenvalue weighted by atomic mass is 19.3. The van der Waals surface area contributed by atoms with Crippen LogP contribution in [0.25, 0.3) is 0 Å². The van der Waals surface area contributed by atoms with Crippen molar-refractivity contribution in [1.29, 1.82) is 0 Å². The van der Waals surface area contributed by atoms with E-state index < -0.39 is 5.92 Å². The van der Waals surface area contributed by atoms with Crippen LogP contribution >= 0.6 is 0 Å². The van der Waals surface area contributed by atoms with Gasteiger partial charge in [-0.2, -0.15) is 0 Å². The van der Waals surface area contributed by atoms with E-state index in [1.807, 2.05) is 19.2 Å². The summed E-state index contributed by atoms with van der Waals surface area (Å²) in [5, 5.41) is 5.61. The van der Waals surface area contributed by atoms with Crippen molar-refractivity contribution in [1.82, 2.24) is 10.3 Å². The predicted molar refractivity (Wildman–Crippen MR) is 60.8 cm³/mol. The van der Waals surface area contributed by atoms with Crippen LogP contribution in [0, 0.1) is 0 Å². The monoisotopic (exact) mass is 229 g/mol. The number of anilines is 1. The lowest BCUT2D eigenvalue weighted by atomic mass is 10.1. The number of nitrogens with one attached hydrogen (secondary N) is 2. The number of alkyl halides is 2. The van der Waals surface area contributed by atoms with E-state index in [0.29, 0.717) is 6.42 Å². The smallest absolute Gasteiger partial charge is 0.260 e. The minimum Gasteiger partial charge on any atom is -0.388 e. The second-order valence-electron chi connectivity index (χ2n) is 3.62. The maximum atomic E-state index is 12.1. The van der Waals surface area contributed by atoms with Crippen molar-refractivity contribution >= 4 is 5.69 Å². The first-order chi connectivity index (χ1) is 7.64. The molecule has 1 fully saturated rings. The van der Waals surface area contributed by atoms with Gasteiger partial charge in [-0.1, -0.05) is 0 Å². The van der Waals surface area contributed by atoms with Gasteiger partial charge in [-0.05, 0) is 25.1 Å². The summed E-state index contributed by atoms with van der Waals surface area (Å²) in [7, 11) is 1.88. The molecule has 1 aromatic rings. The van der Waals surface area contributed by atoms with Crippen LogP contribution in [-0.2, 0) is 0 Å². The van der Waals surface area contributed by atoms with Gasteiger partial charge >= 0.3 is 0 Å². The van der Waals surface area contributed by atoms with Crippen LogP contribution in [0.5, 0.6) is 0 Å². The van der Waals surface area contributed by atoms with Crippen LogP contribution in [0.3, 0.4) is 0 Å². The SMILES string of the molecule is CNc1ccncc1.FC1(F)CCCNC1. The molecule has 0 aromatic carbocycles. The number of nitrogens with zero attached hydrogens (tertiary/aromatic N) is 1. The van der Waals surface area contributed by atoms with Gasteiger partial charge in [-0.3, -0.25) is 4.98 Å². The third-order valence-corrected chi connectivity index (χ3v) is 2.25. The molecule has 16 heavy (non-hydrogen) atoms. The summed E-state index contributed by atoms with van der Waals surface area (Å²) in [6, 6.07) is 3.83. The van der Waals surface area contributed by atoms with Gasteiger partial charge in [-0.15, -0.1) is 0 Å². The van der Waals surface area contributed by atoms with Crippen molar-refractivity contribution < 1.29 is 8.78 Å². The Labute approximate surface area is 94.3 Å². The molecule has 0 bridgehead atoms. The topological polar surface area (TPSA) is 37.0 Å². The van der Waals surface area contributed by atoms with Crippen molar-refractivity contribution in [2.75, 3.05) is 25.5 Å². The standard InChI is InChI=1S/C6H8N2.C5H9F2N/c1-7-6-2-4-8-5-3-6;6-5(7)2-1-3-8-4-5/h2-5H,1H3,(H,7,8);8H,1-4H2. The highest BCUT2D eigenvalue weighted by Gasteiger charge is 2.30. The van der Waals surface area contributed by atoms with Crippen molar-refractivity contribution in [3.05, 3.63) is 24.5 Å². The number of piperidine rings is 1. The molecule has 0 radical (unpaired) electrons. The largest absolute Gasteiger partial charge is 0.388 e. The number of aromatic nitrogens is 1. The lowest BCUT2D eigenvalue weighted by Crippen LogP contribution is -2.38. The highest BCUT2D eigenvalue weighted by molar-refractivity contribution is 5.39. The molecule has 0 atom stereocenters. The summed E-state index contributed by atoms with van der Waals surface area (Å²) < 4.78 is 24.3. The molecule has 1 saturated heterocycles. The van der Waals surface area contributed by atoms with Gasteiger partial charge in [0.25, 0.3) is 5.92 Å². The summed E-state index contributed by atoms with van der Waals surface area (Å²) in [5.74, 6) is -2.43. The van der Waals surface area contributed by atoms with Crippen LogP contribution in [0.1, 0.15) is 12.8 Å². The minimum absolute atomic E-state index is 0.0556. The molecular formula is C11H17F2N3. The van der Waals surface area contributed by atoms with Gasteiger partial charge in [0.1, 0.15) is 0 Å². The van der Waals surface area contributed by atoms with Crippen molar-refractivity contribution in [2.24, 2.45) is 0 Å². The average molecular weight is 229 g/mol. The molecule has 2 heterocycles. The van der Waals surface area contributed by atoms with Crippen LogP contribution in [0.15, 0.2) is 24.5 Å². The Kier molecular flexibility index (Phi) is 5.11. The second-order valence-corrected chi connectivity index (χ2v) is 3.62. The lowest BCUT2D eigenvalue weighted by molar-refractivity contribution is -0.0208. The van der Waals surface area contributed by atoms with Gasteiger partial charge in [0.15, 0.2) is 0 Å². The van der Waals surface area contributed by atoms with Crippen LogP contribution < -0.4 is 10.6 Å². The zero-order chi connectivity index (χ0) is 11.9. The summed E-state index contributed by atoms with van der Waals surface area (Å²) in [6.07, 6.45) is 4.17. The lowest BCUT2D eigenvalue weighted by Gasteiger charge is -2.21. The molecule has 3 nitrogen and oxygen atoms in total. The summed E-state index contributed by atoms with van der Waals surface area (Å²) in [6.45, 7) is 0.614. The number of halogens is 2. The van der Waals surface area contributed by atoms with E-state index in [-0.39, 0.29) is 13.0 Å². The van der Waals surface area contributed by atoms with E-state index in [4.69, 9.17) is 0 Å². The molecular weight excluding hydrogens is 212 g/mol. The van der Waals surface area contributed by atoms with Gasteiger partial charge in [-0.25, -0.2) is 8.78 Å². The number of hydrogen-bond donors (Lipinski definition) is 2. The molecule has 90 valence electrons. The van der Waals surface area contributed by atoms with Crippen molar-refractivity contribution in [3.8, 4) is 0 Å². The quantitative estimate of drug-likeness (QED) is 0.774. The molecule has 1 aromatic heterocycles. The van der Waals surface area contributed by atoms with E-state index in [1.165, 1.54) is 0 Å². The fourth-order valence-electron chi connectivity index (χ4n) is 1.35. The molecule has 1 aliphatic heterocycles. The van der Waals surface area contributed by atoms with Gasteiger partial charge < -0.3 is 10.6 Å². The Morgan fingerprint density at radius 1 is 1.38 bits per heavy atom. The Hall–Kier alpha value is -1.23. The van der Waals surface area contributed by atoms with E-state index in [9.17, 15) is 8.78 Å². The first-order valence-electron chi connectivity index (χ1n) is 5.30. The van der Waals surface area contributed by atoms with Crippen LogP contribution in [0.4, 0.5) is 14.5 Å². The summed E-state index contributed by atoms with van der Waals surface area (Å²) in [4.78, 5) is 3.85. The second kappa shape index (κ2) is 6.37. The maximum absolute atomic E-state index is 12.1. The average Bonchev–Trinajstić information content (AvgIpc) is 2.31. The van der Waals surface area contributed by atoms with Crippen molar-refractivity contribution in [2.45, 2.75) is 18.8 Å². The molecule has 0 aliphatic carbocycles. The maximum Gasteiger partial charge on any atom is 0.260 e. The zero-order valence-corrected chi connectivity index (χ0v) is 9.34. The molecule has 1 aliphatic rings. The fraction of sp³-hybridized carbons (Fsp3) is 0.545. The third-order valence-electron chi connectivity index (χ3n) is 2.25. The Bertz CT molecular complexity index is 283. The summed E-state index contributed by atoms with van der Waals surface area (Å²) >= 11 is 0. The van der Waals surface area contributed by atoms with E-state index in [0.717, 1.165) is 12.2 Å². The fourth-order valence-corrected chi connectivity index (χ4v) is 1.35. The first kappa shape index (κ1) is 12.8. The van der Waals surface area contributed by atoms with Gasteiger partial charge in [0.05, 0.1) is 6.54 Å². The van der Waals surface area contributed by atoms with Gasteiger partial charge in [0, 0.05) is 31.5 Å². The van der Waals surface area contributed by atoms with Crippen LogP contribution in [-0.4, -0.2) is 31.0 Å². The first-order valence-corrected chi connectivity index (χ1v) is 5.30. The molecule has 0 saturated carbocycles. The van der Waals surface area contributed by atoms with E-state index in [2.05, 4.69) is 15.6 Å². The van der Waals surface area contributed by atoms with E-state index >= 15 is 0 Å². The summed E-state index contributed by atoms with van der Waals surface area (Å²) in [5.41, 5.74) is 1.10. The molecule has 2 rings (SSSR count). The molecule has 0 spiro atoms. The molecule has 0 amide bonds. The van der Waals surface area contributed by atoms with E-state index in [1.54, 1.807) is 12.4 Å². The number of pyridine rings is 1. The molecule has 5 heteroatoms. The Balaban J connectivity index is 0.000000160. The number of rotatable bonds is 1. The molecule has 0 unspecified atom stereocenters. The number of hydrogen-bond acceptors (Lipinski definition) is 3. The Morgan fingerprint density at radius 2 is 2.06 bits per heavy atom. The minimum atomic E-state index is -2.43.